The molecule has 0 radical (unpaired) electrons. The third-order valence-corrected chi connectivity index (χ3v) is 5.69. The fourth-order valence-corrected chi connectivity index (χ4v) is 3.97. The summed E-state index contributed by atoms with van der Waals surface area (Å²) >= 11 is 0. The molecule has 1 aliphatic rings. The summed E-state index contributed by atoms with van der Waals surface area (Å²) < 4.78 is 0. The van der Waals surface area contributed by atoms with Gasteiger partial charge in [-0.15, -0.1) is 0 Å². The fourth-order valence-electron chi connectivity index (χ4n) is 3.97. The van der Waals surface area contributed by atoms with E-state index >= 15 is 0 Å². The molecule has 0 bridgehead atoms. The normalized spacial score (nSPS) is 13.8. The van der Waals surface area contributed by atoms with Gasteiger partial charge in [0.15, 0.2) is 0 Å². The number of anilines is 1. The summed E-state index contributed by atoms with van der Waals surface area (Å²) in [5.41, 5.74) is 11.8. The molecular formula is C24H29N3O3. The van der Waals surface area contributed by atoms with Crippen LogP contribution in [0.25, 0.3) is 5.57 Å². The summed E-state index contributed by atoms with van der Waals surface area (Å²) in [7, 11) is 0. The van der Waals surface area contributed by atoms with E-state index in [9.17, 15) is 14.7 Å². The van der Waals surface area contributed by atoms with Crippen molar-refractivity contribution in [3.8, 4) is 0 Å². The summed E-state index contributed by atoms with van der Waals surface area (Å²) in [6.07, 6.45) is 0.445. The summed E-state index contributed by atoms with van der Waals surface area (Å²) in [6.45, 7) is 6.23. The maximum Gasteiger partial charge on any atom is 0.407 e. The highest BCUT2D eigenvalue weighted by Gasteiger charge is 2.23. The average Bonchev–Trinajstić information content (AvgIpc) is 2.77. The molecule has 1 aliphatic heterocycles. The molecule has 2 aromatic carbocycles. The maximum absolute atomic E-state index is 12.6. The molecule has 158 valence electrons. The van der Waals surface area contributed by atoms with Crippen molar-refractivity contribution in [2.75, 3.05) is 31.9 Å². The van der Waals surface area contributed by atoms with Crippen molar-refractivity contribution in [3.05, 3.63) is 70.8 Å². The first-order chi connectivity index (χ1) is 14.5. The van der Waals surface area contributed by atoms with Crippen LogP contribution in [-0.4, -0.2) is 53.1 Å². The predicted molar refractivity (Wildman–Crippen MR) is 119 cm³/mol. The Morgan fingerprint density at radius 2 is 1.53 bits per heavy atom. The van der Waals surface area contributed by atoms with Crippen LogP contribution in [0.1, 0.15) is 48.2 Å². The number of rotatable bonds is 5. The van der Waals surface area contributed by atoms with E-state index in [4.69, 9.17) is 5.73 Å². The van der Waals surface area contributed by atoms with Gasteiger partial charge in [-0.3, -0.25) is 4.79 Å². The van der Waals surface area contributed by atoms with Crippen LogP contribution in [0.3, 0.4) is 0 Å². The van der Waals surface area contributed by atoms with Gasteiger partial charge in [-0.25, -0.2) is 4.79 Å². The van der Waals surface area contributed by atoms with Crippen molar-refractivity contribution in [2.24, 2.45) is 0 Å². The van der Waals surface area contributed by atoms with Crippen molar-refractivity contribution in [3.63, 3.8) is 0 Å². The minimum absolute atomic E-state index is 0.0229. The summed E-state index contributed by atoms with van der Waals surface area (Å²) in [5, 5.41) is 9.26. The highest BCUT2D eigenvalue weighted by atomic mass is 16.4. The Balaban J connectivity index is 2.00. The zero-order valence-electron chi connectivity index (χ0n) is 17.6. The zero-order chi connectivity index (χ0) is 21.7. The Morgan fingerprint density at radius 3 is 2.07 bits per heavy atom. The third kappa shape index (κ3) is 4.48. The van der Waals surface area contributed by atoms with Crippen LogP contribution in [0, 0.1) is 0 Å². The van der Waals surface area contributed by atoms with Crippen molar-refractivity contribution < 1.29 is 14.7 Å². The van der Waals surface area contributed by atoms with Crippen LogP contribution >= 0.6 is 0 Å². The van der Waals surface area contributed by atoms with Crippen LogP contribution < -0.4 is 5.73 Å². The van der Waals surface area contributed by atoms with Gasteiger partial charge in [0.1, 0.15) is 0 Å². The molecule has 1 fully saturated rings. The molecule has 2 amide bonds. The smallest absolute Gasteiger partial charge is 0.407 e. The number of piperidine rings is 1. The number of amides is 2. The van der Waals surface area contributed by atoms with Crippen LogP contribution in [0.15, 0.2) is 54.1 Å². The van der Waals surface area contributed by atoms with Crippen LogP contribution in [0.4, 0.5) is 10.5 Å². The number of carbonyl (C=O) groups is 2. The molecule has 1 saturated heterocycles. The first kappa shape index (κ1) is 21.4. The molecule has 2 aromatic rings. The number of likely N-dealkylation sites (tertiary alicyclic amines) is 1. The predicted octanol–water partition coefficient (Wildman–Crippen LogP) is 4.33. The molecule has 3 N–H and O–H groups in total. The highest BCUT2D eigenvalue weighted by Crippen LogP contribution is 2.35. The second-order valence-corrected chi connectivity index (χ2v) is 7.39. The van der Waals surface area contributed by atoms with E-state index in [-0.39, 0.29) is 5.91 Å². The lowest BCUT2D eigenvalue weighted by molar-refractivity contribution is 0.0773. The maximum atomic E-state index is 12.6. The Bertz CT molecular complexity index is 936. The summed E-state index contributed by atoms with van der Waals surface area (Å²) in [6, 6.07) is 15.4. The molecule has 0 aliphatic carbocycles. The van der Waals surface area contributed by atoms with Gasteiger partial charge >= 0.3 is 6.09 Å². The Labute approximate surface area is 177 Å². The van der Waals surface area contributed by atoms with Crippen molar-refractivity contribution in [1.82, 2.24) is 9.80 Å². The van der Waals surface area contributed by atoms with Gasteiger partial charge in [-0.2, -0.15) is 0 Å². The second kappa shape index (κ2) is 9.48. The number of carbonyl (C=O) groups excluding carboxylic acids is 1. The van der Waals surface area contributed by atoms with Crippen molar-refractivity contribution in [1.29, 1.82) is 0 Å². The van der Waals surface area contributed by atoms with Gasteiger partial charge < -0.3 is 20.6 Å². The summed E-state index contributed by atoms with van der Waals surface area (Å²) in [5.74, 6) is 0.0229. The molecule has 0 atom stereocenters. The van der Waals surface area contributed by atoms with E-state index in [0.717, 1.165) is 16.7 Å². The van der Waals surface area contributed by atoms with Crippen LogP contribution in [0.2, 0.25) is 0 Å². The summed E-state index contributed by atoms with van der Waals surface area (Å²) in [4.78, 5) is 27.2. The van der Waals surface area contributed by atoms with Gasteiger partial charge in [0.25, 0.3) is 5.91 Å². The molecule has 0 saturated carbocycles. The van der Waals surface area contributed by atoms with Gasteiger partial charge in [0.05, 0.1) is 0 Å². The molecule has 6 heteroatoms. The average molecular weight is 408 g/mol. The van der Waals surface area contributed by atoms with Gasteiger partial charge in [-0.05, 0) is 56.0 Å². The first-order valence-electron chi connectivity index (χ1n) is 10.4. The lowest BCUT2D eigenvalue weighted by Gasteiger charge is -2.28. The van der Waals surface area contributed by atoms with Gasteiger partial charge in [-0.1, -0.05) is 35.9 Å². The molecule has 0 spiro atoms. The Morgan fingerprint density at radius 1 is 0.967 bits per heavy atom. The Hall–Kier alpha value is -3.28. The number of benzene rings is 2. The van der Waals surface area contributed by atoms with E-state index in [1.54, 1.807) is 4.90 Å². The van der Waals surface area contributed by atoms with Crippen molar-refractivity contribution in [2.45, 2.75) is 26.7 Å². The van der Waals surface area contributed by atoms with E-state index in [0.29, 0.717) is 50.3 Å². The lowest BCUT2D eigenvalue weighted by atomic mass is 9.87. The van der Waals surface area contributed by atoms with Gasteiger partial charge in [0.2, 0.25) is 0 Å². The largest absolute Gasteiger partial charge is 0.465 e. The van der Waals surface area contributed by atoms with E-state index in [1.165, 1.54) is 10.5 Å². The van der Waals surface area contributed by atoms with Crippen LogP contribution in [0.5, 0.6) is 0 Å². The monoisotopic (exact) mass is 407 g/mol. The quantitative estimate of drug-likeness (QED) is 0.723. The first-order valence-corrected chi connectivity index (χ1v) is 10.4. The molecule has 1 heterocycles. The van der Waals surface area contributed by atoms with Gasteiger partial charge in [0, 0.05) is 43.0 Å². The van der Waals surface area contributed by atoms with E-state index in [2.05, 4.69) is 0 Å². The lowest BCUT2D eigenvalue weighted by Crippen LogP contribution is -2.35. The minimum atomic E-state index is -0.880. The number of hydrogen-bond donors (Lipinski definition) is 2. The standard InChI is InChI=1S/C24H29N3O3/c1-3-26(4-2)23(28)19-11-9-17(10-12-19)22(20-7-5-6-8-21(20)25)18-13-15-27(16-14-18)24(29)30/h5-12H,3-4,13-16,25H2,1-2H3,(H,29,30). The fraction of sp³-hybridized carbons (Fsp3) is 0.333. The number of hydrogen-bond acceptors (Lipinski definition) is 3. The molecule has 0 aromatic heterocycles. The molecule has 6 nitrogen and oxygen atoms in total. The third-order valence-electron chi connectivity index (χ3n) is 5.69. The van der Waals surface area contributed by atoms with E-state index < -0.39 is 6.09 Å². The number of para-hydroxylation sites is 1. The molecule has 0 unspecified atom stereocenters. The number of nitrogens with zero attached hydrogens (tertiary/aromatic N) is 2. The molecule has 3 rings (SSSR count). The highest BCUT2D eigenvalue weighted by molar-refractivity contribution is 5.95. The topological polar surface area (TPSA) is 86.9 Å². The number of nitrogens with two attached hydrogens (primary N) is 1. The van der Waals surface area contributed by atoms with E-state index in [1.807, 2.05) is 62.4 Å². The number of nitrogen functional groups attached to an aromatic ring is 1. The minimum Gasteiger partial charge on any atom is -0.465 e. The van der Waals surface area contributed by atoms with Crippen molar-refractivity contribution >= 4 is 23.3 Å². The number of carboxylic acid groups (broad SMARTS) is 1. The Kier molecular flexibility index (Phi) is 6.77. The second-order valence-electron chi connectivity index (χ2n) is 7.39. The molecule has 30 heavy (non-hydrogen) atoms. The van der Waals surface area contributed by atoms with Crippen LogP contribution in [-0.2, 0) is 0 Å². The SMILES string of the molecule is CCN(CC)C(=O)c1ccc(C(=C2CCN(C(=O)O)CC2)c2ccccc2N)cc1. The molecular weight excluding hydrogens is 378 g/mol. The zero-order valence-corrected chi connectivity index (χ0v) is 17.6.